The van der Waals surface area contributed by atoms with Gasteiger partial charge in [-0.25, -0.2) is 4.98 Å². The molecule has 11 aromatic rings. The third-order valence-electron chi connectivity index (χ3n) is 14.0. The van der Waals surface area contributed by atoms with Gasteiger partial charge in [0, 0.05) is 54.5 Å². The van der Waals surface area contributed by atoms with Crippen molar-refractivity contribution < 1.29 is 0 Å². The van der Waals surface area contributed by atoms with Crippen molar-refractivity contribution in [3.63, 3.8) is 0 Å². The first-order valence-electron chi connectivity index (χ1n) is 21.5. The lowest BCUT2D eigenvalue weighted by Crippen LogP contribution is -2.15. The van der Waals surface area contributed by atoms with Gasteiger partial charge in [0.15, 0.2) is 11.6 Å². The number of rotatable bonds is 4. The number of fused-ring (bicyclic) bond motifs is 12. The molecule has 0 bridgehead atoms. The smallest absolute Gasteiger partial charge is 0.238 e. The van der Waals surface area contributed by atoms with Crippen molar-refractivity contribution in [1.29, 1.82) is 0 Å². The van der Waals surface area contributed by atoms with E-state index in [9.17, 15) is 0 Å². The summed E-state index contributed by atoms with van der Waals surface area (Å²) >= 11 is 0. The number of hydrogen-bond donors (Lipinski definition) is 1. The lowest BCUT2D eigenvalue weighted by Gasteiger charge is -2.21. The van der Waals surface area contributed by atoms with Gasteiger partial charge in [-0.1, -0.05) is 149 Å². The van der Waals surface area contributed by atoms with Crippen molar-refractivity contribution in [1.82, 2.24) is 24.5 Å². The Bertz CT molecular complexity index is 3620. The molecular weight excluding hydrogens is 755 g/mol. The highest BCUT2D eigenvalue weighted by Gasteiger charge is 2.37. The molecule has 0 amide bonds. The maximum atomic E-state index is 5.26. The number of aromatic amines is 1. The molecule has 0 fully saturated rings. The summed E-state index contributed by atoms with van der Waals surface area (Å²) in [6.07, 6.45) is 0. The fraction of sp³-hybridized carbons (Fsp3) is 0.105. The molecule has 0 spiro atoms. The zero-order valence-electron chi connectivity index (χ0n) is 35.0. The molecule has 3 heterocycles. The standard InChI is InChI=1S/C57H41N5/c1-56(2)45-21-13-11-19-37(45)39-29-42-41-27-35(23-25-49(41)58-50(42)31-47(39)56)36-24-26-51-43(28-36)44-30-40-38-20-12-14-22-46(38)57(3,4)48(40)32-52(44)62(51)55-60-53(33-15-7-5-8-16-33)59-54(61-55)34-17-9-6-10-18-34/h5-32,58H,1-4H3. The normalized spacial score (nSPS) is 14.4. The Balaban J connectivity index is 1.05. The van der Waals surface area contributed by atoms with Crippen molar-refractivity contribution in [2.24, 2.45) is 0 Å². The highest BCUT2D eigenvalue weighted by atomic mass is 15.2. The van der Waals surface area contributed by atoms with Crippen LogP contribution in [-0.2, 0) is 10.8 Å². The van der Waals surface area contributed by atoms with Crippen LogP contribution in [0.4, 0.5) is 0 Å². The molecule has 0 radical (unpaired) electrons. The minimum atomic E-state index is -0.178. The van der Waals surface area contributed by atoms with E-state index in [0.29, 0.717) is 17.6 Å². The summed E-state index contributed by atoms with van der Waals surface area (Å²) < 4.78 is 2.26. The number of H-pyrrole nitrogens is 1. The van der Waals surface area contributed by atoms with E-state index in [-0.39, 0.29) is 10.8 Å². The van der Waals surface area contributed by atoms with Gasteiger partial charge in [-0.3, -0.25) is 4.57 Å². The highest BCUT2D eigenvalue weighted by molar-refractivity contribution is 6.14. The second kappa shape index (κ2) is 12.5. The van der Waals surface area contributed by atoms with E-state index < -0.39 is 0 Å². The maximum Gasteiger partial charge on any atom is 0.238 e. The molecule has 0 aliphatic heterocycles. The van der Waals surface area contributed by atoms with E-state index in [4.69, 9.17) is 15.0 Å². The van der Waals surface area contributed by atoms with Crippen LogP contribution in [0.15, 0.2) is 170 Å². The molecule has 1 N–H and O–H groups in total. The van der Waals surface area contributed by atoms with E-state index >= 15 is 0 Å². The molecule has 0 saturated carbocycles. The summed E-state index contributed by atoms with van der Waals surface area (Å²) in [5.41, 5.74) is 19.1. The Kier molecular flexibility index (Phi) is 7.07. The second-order valence-corrected chi connectivity index (χ2v) is 18.2. The van der Waals surface area contributed by atoms with Crippen molar-refractivity contribution in [2.75, 3.05) is 0 Å². The molecule has 0 saturated heterocycles. The van der Waals surface area contributed by atoms with Gasteiger partial charge < -0.3 is 4.98 Å². The molecule has 3 aromatic heterocycles. The van der Waals surface area contributed by atoms with Crippen LogP contribution in [0.3, 0.4) is 0 Å². The third kappa shape index (κ3) is 4.87. The van der Waals surface area contributed by atoms with E-state index in [1.165, 1.54) is 71.7 Å². The molecule has 2 aliphatic rings. The van der Waals surface area contributed by atoms with Crippen LogP contribution in [0.1, 0.15) is 49.9 Å². The molecule has 5 heteroatoms. The fourth-order valence-corrected chi connectivity index (χ4v) is 10.8. The van der Waals surface area contributed by atoms with Crippen molar-refractivity contribution in [2.45, 2.75) is 38.5 Å². The minimum absolute atomic E-state index is 0.0529. The van der Waals surface area contributed by atoms with Crippen molar-refractivity contribution in [3.05, 3.63) is 192 Å². The summed E-state index contributed by atoms with van der Waals surface area (Å²) in [5, 5.41) is 4.80. The quantitative estimate of drug-likeness (QED) is 0.193. The first kappa shape index (κ1) is 35.2. The van der Waals surface area contributed by atoms with Gasteiger partial charge in [0.25, 0.3) is 0 Å². The van der Waals surface area contributed by atoms with Gasteiger partial charge in [0.1, 0.15) is 0 Å². The van der Waals surface area contributed by atoms with E-state index in [0.717, 1.165) is 38.6 Å². The molecule has 2 aliphatic carbocycles. The first-order valence-corrected chi connectivity index (χ1v) is 21.5. The van der Waals surface area contributed by atoms with Crippen LogP contribution in [0, 0.1) is 0 Å². The summed E-state index contributed by atoms with van der Waals surface area (Å²) in [5.74, 6) is 1.87. The zero-order chi connectivity index (χ0) is 41.5. The monoisotopic (exact) mass is 795 g/mol. The summed E-state index contributed by atoms with van der Waals surface area (Å²) in [7, 11) is 0. The summed E-state index contributed by atoms with van der Waals surface area (Å²) in [4.78, 5) is 19.3. The molecule has 294 valence electrons. The Morgan fingerprint density at radius 1 is 0.371 bits per heavy atom. The maximum absolute atomic E-state index is 5.26. The number of aromatic nitrogens is 5. The van der Waals surface area contributed by atoms with E-state index in [1.807, 2.05) is 36.4 Å². The third-order valence-corrected chi connectivity index (χ3v) is 14.0. The molecule has 8 aromatic carbocycles. The van der Waals surface area contributed by atoms with E-state index in [1.54, 1.807) is 0 Å². The van der Waals surface area contributed by atoms with Gasteiger partial charge in [-0.2, -0.15) is 9.97 Å². The van der Waals surface area contributed by atoms with Gasteiger partial charge in [0.2, 0.25) is 5.95 Å². The van der Waals surface area contributed by atoms with Gasteiger partial charge in [-0.05, 0) is 104 Å². The molecule has 5 nitrogen and oxygen atoms in total. The largest absolute Gasteiger partial charge is 0.355 e. The lowest BCUT2D eigenvalue weighted by molar-refractivity contribution is 0.661. The van der Waals surface area contributed by atoms with Crippen LogP contribution < -0.4 is 0 Å². The molecule has 13 rings (SSSR count). The number of nitrogens with zero attached hydrogens (tertiary/aromatic N) is 4. The average molecular weight is 796 g/mol. The van der Waals surface area contributed by atoms with Gasteiger partial charge in [-0.15, -0.1) is 0 Å². The average Bonchev–Trinajstić information content (AvgIpc) is 3.98. The number of nitrogens with one attached hydrogen (secondary N) is 1. The van der Waals surface area contributed by atoms with Gasteiger partial charge >= 0.3 is 0 Å². The summed E-state index contributed by atoms with van der Waals surface area (Å²) in [6.45, 7) is 9.37. The Labute approximate surface area is 359 Å². The molecule has 0 unspecified atom stereocenters. The van der Waals surface area contributed by atoms with Crippen molar-refractivity contribution >= 4 is 43.6 Å². The second-order valence-electron chi connectivity index (χ2n) is 18.2. The van der Waals surface area contributed by atoms with E-state index in [2.05, 4.69) is 171 Å². The number of hydrogen-bond acceptors (Lipinski definition) is 3. The van der Waals surface area contributed by atoms with Crippen LogP contribution in [0.5, 0.6) is 0 Å². The minimum Gasteiger partial charge on any atom is -0.355 e. The topological polar surface area (TPSA) is 59.4 Å². The van der Waals surface area contributed by atoms with Crippen LogP contribution in [-0.4, -0.2) is 24.5 Å². The van der Waals surface area contributed by atoms with Gasteiger partial charge in [0.05, 0.1) is 11.0 Å². The number of benzene rings is 8. The predicted molar refractivity (Wildman–Crippen MR) is 255 cm³/mol. The molecular formula is C57H41N5. The van der Waals surface area contributed by atoms with Crippen LogP contribution in [0.25, 0.3) is 106 Å². The Hall–Kier alpha value is -7.63. The Morgan fingerprint density at radius 3 is 1.50 bits per heavy atom. The molecule has 0 atom stereocenters. The molecule has 62 heavy (non-hydrogen) atoms. The highest BCUT2D eigenvalue weighted by Crippen LogP contribution is 2.52. The van der Waals surface area contributed by atoms with Crippen molar-refractivity contribution in [3.8, 4) is 62.1 Å². The SMILES string of the molecule is CC1(C)c2ccccc2-c2cc3c(cc21)[nH]c1ccc(-c2ccc4c(c2)c2cc5c(cc2n4-c2nc(-c4ccccc4)nc(-c4ccccc4)n2)C(C)(C)c2ccccc2-5)cc13. The predicted octanol–water partition coefficient (Wildman–Crippen LogP) is 14.2. The first-order chi connectivity index (χ1) is 30.2. The van der Waals surface area contributed by atoms with Crippen LogP contribution >= 0.6 is 0 Å². The Morgan fingerprint density at radius 2 is 0.871 bits per heavy atom. The summed E-state index contributed by atoms with van der Waals surface area (Å²) in [6, 6.07) is 61.6. The zero-order valence-corrected chi connectivity index (χ0v) is 35.0. The fourth-order valence-electron chi connectivity index (χ4n) is 10.8. The lowest BCUT2D eigenvalue weighted by atomic mass is 9.82. The van der Waals surface area contributed by atoms with Crippen LogP contribution in [0.2, 0.25) is 0 Å².